The molecule has 0 aromatic heterocycles. The molecule has 0 bridgehead atoms. The van der Waals surface area contributed by atoms with Gasteiger partial charge in [-0.15, -0.1) is 0 Å². The molecule has 2 fully saturated rings. The lowest BCUT2D eigenvalue weighted by Gasteiger charge is -2.36. The van der Waals surface area contributed by atoms with Crippen molar-refractivity contribution in [2.24, 2.45) is 0 Å². The van der Waals surface area contributed by atoms with Crippen molar-refractivity contribution in [1.29, 1.82) is 0 Å². The molecule has 16 heavy (non-hydrogen) atoms. The van der Waals surface area contributed by atoms with Crippen LogP contribution < -0.4 is 5.32 Å². The zero-order valence-electron chi connectivity index (χ0n) is 10.5. The summed E-state index contributed by atoms with van der Waals surface area (Å²) in [5.74, 6) is 0. The highest BCUT2D eigenvalue weighted by molar-refractivity contribution is 4.83. The molecular weight excluding hydrogens is 200 g/mol. The summed E-state index contributed by atoms with van der Waals surface area (Å²) in [6.45, 7) is 5.08. The first-order valence-corrected chi connectivity index (χ1v) is 6.95. The molecule has 0 aromatic carbocycles. The van der Waals surface area contributed by atoms with Crippen molar-refractivity contribution in [3.05, 3.63) is 0 Å². The molecule has 0 aromatic rings. The van der Waals surface area contributed by atoms with Crippen LogP contribution in [-0.4, -0.2) is 47.8 Å². The lowest BCUT2D eigenvalue weighted by molar-refractivity contribution is 0.0656. The summed E-state index contributed by atoms with van der Waals surface area (Å²) in [5.41, 5.74) is 0. The number of aliphatic hydroxyl groups excluding tert-OH is 1. The lowest BCUT2D eigenvalue weighted by atomic mass is 9.99. The highest BCUT2D eigenvalue weighted by Crippen LogP contribution is 2.20. The molecule has 1 heterocycles. The number of nitrogens with one attached hydrogen (secondary N) is 1. The first-order chi connectivity index (χ1) is 7.79. The van der Waals surface area contributed by atoms with Crippen LogP contribution in [0.2, 0.25) is 0 Å². The van der Waals surface area contributed by atoms with E-state index in [4.69, 9.17) is 0 Å². The van der Waals surface area contributed by atoms with Crippen LogP contribution in [0.25, 0.3) is 0 Å². The van der Waals surface area contributed by atoms with Crippen molar-refractivity contribution in [2.75, 3.05) is 19.6 Å². The van der Waals surface area contributed by atoms with Gasteiger partial charge in [0.25, 0.3) is 0 Å². The molecule has 0 radical (unpaired) electrons. The van der Waals surface area contributed by atoms with E-state index in [2.05, 4.69) is 17.1 Å². The van der Waals surface area contributed by atoms with Gasteiger partial charge in [0.05, 0.1) is 6.10 Å². The number of nitrogens with zero attached hydrogens (tertiary/aromatic N) is 1. The quantitative estimate of drug-likeness (QED) is 0.718. The van der Waals surface area contributed by atoms with E-state index in [1.54, 1.807) is 0 Å². The van der Waals surface area contributed by atoms with Crippen molar-refractivity contribution in [3.8, 4) is 0 Å². The molecule has 2 N–H and O–H groups in total. The molecule has 3 heteroatoms. The summed E-state index contributed by atoms with van der Waals surface area (Å²) >= 11 is 0. The fourth-order valence-electron chi connectivity index (χ4n) is 2.69. The van der Waals surface area contributed by atoms with Gasteiger partial charge < -0.3 is 10.4 Å². The molecule has 0 spiro atoms. The van der Waals surface area contributed by atoms with Crippen LogP contribution in [0.3, 0.4) is 0 Å². The number of rotatable bonds is 6. The van der Waals surface area contributed by atoms with Crippen molar-refractivity contribution in [3.63, 3.8) is 0 Å². The molecule has 0 amide bonds. The van der Waals surface area contributed by atoms with Gasteiger partial charge in [-0.25, -0.2) is 0 Å². The van der Waals surface area contributed by atoms with E-state index < -0.39 is 0 Å². The molecular formula is C13H26N2O. The Kier molecular flexibility index (Phi) is 4.62. The first-order valence-electron chi connectivity index (χ1n) is 6.95. The van der Waals surface area contributed by atoms with Gasteiger partial charge in [-0.05, 0) is 38.6 Å². The average molecular weight is 226 g/mol. The zero-order chi connectivity index (χ0) is 11.4. The maximum absolute atomic E-state index is 9.99. The smallest absolute Gasteiger partial charge is 0.0791 e. The number of hydrogen-bond donors (Lipinski definition) is 2. The van der Waals surface area contributed by atoms with Gasteiger partial charge in [-0.1, -0.05) is 13.3 Å². The van der Waals surface area contributed by atoms with Crippen molar-refractivity contribution in [2.45, 2.75) is 63.6 Å². The van der Waals surface area contributed by atoms with Gasteiger partial charge in [0, 0.05) is 25.2 Å². The van der Waals surface area contributed by atoms with Crippen molar-refractivity contribution >= 4 is 0 Å². The van der Waals surface area contributed by atoms with E-state index in [0.29, 0.717) is 12.1 Å². The van der Waals surface area contributed by atoms with Crippen LogP contribution in [0.15, 0.2) is 0 Å². The zero-order valence-corrected chi connectivity index (χ0v) is 10.5. The molecule has 1 aliphatic carbocycles. The summed E-state index contributed by atoms with van der Waals surface area (Å²) in [5, 5.41) is 13.4. The number of likely N-dealkylation sites (tertiary alicyclic amines) is 1. The maximum Gasteiger partial charge on any atom is 0.0791 e. The number of hydrogen-bond acceptors (Lipinski definition) is 3. The Balaban J connectivity index is 1.68. The Bertz CT molecular complexity index is 206. The van der Waals surface area contributed by atoms with Gasteiger partial charge in [0.2, 0.25) is 0 Å². The Morgan fingerprint density at radius 3 is 2.81 bits per heavy atom. The summed E-state index contributed by atoms with van der Waals surface area (Å²) in [4.78, 5) is 2.49. The largest absolute Gasteiger partial charge is 0.390 e. The van der Waals surface area contributed by atoms with E-state index in [-0.39, 0.29) is 6.10 Å². The van der Waals surface area contributed by atoms with Gasteiger partial charge >= 0.3 is 0 Å². The molecule has 2 aliphatic rings. The van der Waals surface area contributed by atoms with E-state index in [9.17, 15) is 5.11 Å². The van der Waals surface area contributed by atoms with Crippen LogP contribution in [0.1, 0.15) is 45.4 Å². The standard InChI is InChI=1S/C13H26N2O/c1-2-12-5-3-4-8-15(12)10-13(16)9-14-11-6-7-11/h11-14,16H,2-10H2,1H3. The average Bonchev–Trinajstić information content (AvgIpc) is 3.11. The van der Waals surface area contributed by atoms with Crippen molar-refractivity contribution < 1.29 is 5.11 Å². The number of aliphatic hydroxyl groups is 1. The van der Waals surface area contributed by atoms with E-state index in [1.807, 2.05) is 0 Å². The minimum Gasteiger partial charge on any atom is -0.390 e. The Morgan fingerprint density at radius 1 is 1.31 bits per heavy atom. The second-order valence-electron chi connectivity index (χ2n) is 5.39. The van der Waals surface area contributed by atoms with Gasteiger partial charge in [0.1, 0.15) is 0 Å². The fraction of sp³-hybridized carbons (Fsp3) is 1.00. The molecule has 1 saturated carbocycles. The summed E-state index contributed by atoms with van der Waals surface area (Å²) < 4.78 is 0. The minimum absolute atomic E-state index is 0.187. The predicted molar refractivity (Wildman–Crippen MR) is 66.5 cm³/mol. The van der Waals surface area contributed by atoms with Crippen LogP contribution in [-0.2, 0) is 0 Å². The van der Waals surface area contributed by atoms with Crippen LogP contribution in [0.4, 0.5) is 0 Å². The lowest BCUT2D eigenvalue weighted by Crippen LogP contribution is -2.46. The molecule has 1 aliphatic heterocycles. The Morgan fingerprint density at radius 2 is 2.12 bits per heavy atom. The first kappa shape index (κ1) is 12.3. The second-order valence-corrected chi connectivity index (χ2v) is 5.39. The molecule has 2 unspecified atom stereocenters. The van der Waals surface area contributed by atoms with Crippen LogP contribution in [0, 0.1) is 0 Å². The molecule has 2 rings (SSSR count). The number of β-amino-alcohol motifs (C(OH)–C–C–N with tert-alkyl or cyclic N) is 1. The minimum atomic E-state index is -0.187. The maximum atomic E-state index is 9.99. The second kappa shape index (κ2) is 5.99. The van der Waals surface area contributed by atoms with Gasteiger partial charge in [0.15, 0.2) is 0 Å². The topological polar surface area (TPSA) is 35.5 Å². The molecule has 1 saturated heterocycles. The predicted octanol–water partition coefficient (Wildman–Crippen LogP) is 1.36. The highest BCUT2D eigenvalue weighted by atomic mass is 16.3. The summed E-state index contributed by atoms with van der Waals surface area (Å²) in [6.07, 6.45) is 7.63. The number of piperidine rings is 1. The van der Waals surface area contributed by atoms with E-state index in [1.165, 1.54) is 45.1 Å². The molecule has 2 atom stereocenters. The monoisotopic (exact) mass is 226 g/mol. The highest BCUT2D eigenvalue weighted by Gasteiger charge is 2.25. The third-order valence-electron chi connectivity index (χ3n) is 3.89. The summed E-state index contributed by atoms with van der Waals surface area (Å²) in [7, 11) is 0. The van der Waals surface area contributed by atoms with Gasteiger partial charge in [-0.2, -0.15) is 0 Å². The third kappa shape index (κ3) is 3.72. The van der Waals surface area contributed by atoms with Crippen molar-refractivity contribution in [1.82, 2.24) is 10.2 Å². The molecule has 94 valence electrons. The molecule has 3 nitrogen and oxygen atoms in total. The third-order valence-corrected chi connectivity index (χ3v) is 3.89. The van der Waals surface area contributed by atoms with E-state index >= 15 is 0 Å². The van der Waals surface area contributed by atoms with Crippen LogP contribution in [0.5, 0.6) is 0 Å². The fourth-order valence-corrected chi connectivity index (χ4v) is 2.69. The van der Waals surface area contributed by atoms with Gasteiger partial charge in [-0.3, -0.25) is 4.90 Å². The SMILES string of the molecule is CCC1CCCCN1CC(O)CNC1CC1. The Labute approximate surface area is 99.2 Å². The Hall–Kier alpha value is -0.120. The summed E-state index contributed by atoms with van der Waals surface area (Å²) in [6, 6.07) is 1.42. The van der Waals surface area contributed by atoms with E-state index in [0.717, 1.165) is 13.1 Å². The normalized spacial score (nSPS) is 29.2. The van der Waals surface area contributed by atoms with Crippen LogP contribution >= 0.6 is 0 Å².